The van der Waals surface area contributed by atoms with Crippen molar-refractivity contribution in [3.63, 3.8) is 0 Å². The van der Waals surface area contributed by atoms with Gasteiger partial charge in [-0.05, 0) is 18.2 Å². The van der Waals surface area contributed by atoms with Gasteiger partial charge in [-0.1, -0.05) is 35.0 Å². The number of rotatable bonds is 6. The van der Waals surface area contributed by atoms with Gasteiger partial charge in [0.15, 0.2) is 0 Å². The van der Waals surface area contributed by atoms with Gasteiger partial charge in [0, 0.05) is 17.6 Å². The molecule has 0 bridgehead atoms. The number of nitrogens with one attached hydrogen (secondary N) is 1. The van der Waals surface area contributed by atoms with Crippen molar-refractivity contribution in [1.82, 2.24) is 4.98 Å². The summed E-state index contributed by atoms with van der Waals surface area (Å²) in [6, 6.07) is 8.60. The average Bonchev–Trinajstić information content (AvgIpc) is 2.77. The van der Waals surface area contributed by atoms with E-state index in [1.165, 1.54) is 26.5 Å². The predicted octanol–water partition coefficient (Wildman–Crippen LogP) is 4.50. The molecule has 0 amide bonds. The van der Waals surface area contributed by atoms with Crippen molar-refractivity contribution < 1.29 is 22.1 Å². The molecule has 0 aliphatic heterocycles. The first-order valence-corrected chi connectivity index (χ1v) is 11.8. The molecular weight excluding hydrogens is 489 g/mol. The summed E-state index contributed by atoms with van der Waals surface area (Å²) in [7, 11) is -0.647. The Morgan fingerprint density at radius 3 is 2.42 bits per heavy atom. The molecule has 0 fully saturated rings. The highest BCUT2D eigenvalue weighted by atomic mass is 35.5. The smallest absolute Gasteiger partial charge is 0.265 e. The second-order valence-electron chi connectivity index (χ2n) is 6.59. The van der Waals surface area contributed by atoms with Gasteiger partial charge in [-0.2, -0.15) is 13.7 Å². The highest BCUT2D eigenvalue weighted by Crippen LogP contribution is 2.38. The van der Waals surface area contributed by atoms with Gasteiger partial charge in [0.1, 0.15) is 24.2 Å². The van der Waals surface area contributed by atoms with E-state index in [1.807, 2.05) is 0 Å². The van der Waals surface area contributed by atoms with Crippen LogP contribution in [0.2, 0.25) is 10.0 Å². The van der Waals surface area contributed by atoms with Crippen LogP contribution in [-0.4, -0.2) is 40.5 Å². The van der Waals surface area contributed by atoms with Crippen LogP contribution in [-0.2, 0) is 14.3 Å². The van der Waals surface area contributed by atoms with Crippen LogP contribution in [0.5, 0.6) is 11.5 Å². The number of halogens is 2. The molecule has 1 N–H and O–H groups in total. The Morgan fingerprint density at radius 1 is 1.06 bits per heavy atom. The number of benzene rings is 2. The van der Waals surface area contributed by atoms with E-state index in [0.717, 1.165) is 6.26 Å². The summed E-state index contributed by atoms with van der Waals surface area (Å²) in [5.74, 6) is 6.25. The summed E-state index contributed by atoms with van der Waals surface area (Å²) in [5, 5.41) is 14.1. The molecule has 3 aromatic rings. The summed E-state index contributed by atoms with van der Waals surface area (Å²) < 4.78 is 37.5. The molecule has 0 aliphatic rings. The van der Waals surface area contributed by atoms with Gasteiger partial charge in [-0.15, -0.1) is 0 Å². The Hall–Kier alpha value is -3.21. The van der Waals surface area contributed by atoms with Crippen LogP contribution in [0.1, 0.15) is 11.1 Å². The van der Waals surface area contributed by atoms with E-state index in [1.54, 1.807) is 18.2 Å². The fraction of sp³-hybridized carbons (Fsp3) is 0.182. The van der Waals surface area contributed by atoms with Crippen molar-refractivity contribution in [2.75, 3.05) is 32.4 Å². The first-order valence-electron chi connectivity index (χ1n) is 9.21. The fourth-order valence-corrected chi connectivity index (χ4v) is 3.67. The largest absolute Gasteiger partial charge is 0.495 e. The number of methoxy groups -OCH3 is 2. The van der Waals surface area contributed by atoms with Crippen molar-refractivity contribution in [2.24, 2.45) is 0 Å². The molecule has 3 rings (SSSR count). The third-order valence-electron chi connectivity index (χ3n) is 4.38. The normalized spacial score (nSPS) is 10.8. The van der Waals surface area contributed by atoms with Gasteiger partial charge in [0.2, 0.25) is 0 Å². The SMILES string of the molecule is COc1cc(Nc2c(C#N)cnc3cc(C#CCOS(C)(=O)=O)c(OC)cc23)c(Cl)cc1Cl. The highest BCUT2D eigenvalue weighted by molar-refractivity contribution is 7.86. The third kappa shape index (κ3) is 5.78. The lowest BCUT2D eigenvalue weighted by atomic mass is 10.1. The van der Waals surface area contributed by atoms with E-state index in [0.29, 0.717) is 49.4 Å². The van der Waals surface area contributed by atoms with Crippen molar-refractivity contribution >= 4 is 55.6 Å². The lowest BCUT2D eigenvalue weighted by Gasteiger charge is -2.15. The van der Waals surface area contributed by atoms with E-state index < -0.39 is 10.1 Å². The summed E-state index contributed by atoms with van der Waals surface area (Å²) >= 11 is 12.5. The molecular formula is C22H17Cl2N3O5S. The lowest BCUT2D eigenvalue weighted by molar-refractivity contribution is 0.368. The summed E-state index contributed by atoms with van der Waals surface area (Å²) in [6.45, 7) is -0.301. The van der Waals surface area contributed by atoms with Gasteiger partial charge in [-0.25, -0.2) is 0 Å². The van der Waals surface area contributed by atoms with Crippen LogP contribution in [0.25, 0.3) is 10.9 Å². The second-order valence-corrected chi connectivity index (χ2v) is 9.05. The van der Waals surface area contributed by atoms with Crippen LogP contribution >= 0.6 is 23.2 Å². The Labute approximate surface area is 201 Å². The maximum atomic E-state index is 11.1. The molecule has 0 aliphatic carbocycles. The zero-order valence-electron chi connectivity index (χ0n) is 17.7. The lowest BCUT2D eigenvalue weighted by Crippen LogP contribution is -2.02. The van der Waals surface area contributed by atoms with Gasteiger partial charge in [0.05, 0.1) is 58.5 Å². The Bertz CT molecular complexity index is 1440. The van der Waals surface area contributed by atoms with Crippen molar-refractivity contribution in [3.8, 4) is 29.4 Å². The van der Waals surface area contributed by atoms with Crippen molar-refractivity contribution in [2.45, 2.75) is 0 Å². The molecule has 0 spiro atoms. The number of nitriles is 1. The molecule has 2 aromatic carbocycles. The molecule has 1 heterocycles. The minimum absolute atomic E-state index is 0.273. The maximum absolute atomic E-state index is 11.1. The fourth-order valence-electron chi connectivity index (χ4n) is 2.89. The molecule has 11 heteroatoms. The number of hydrogen-bond donors (Lipinski definition) is 1. The minimum atomic E-state index is -3.60. The number of pyridine rings is 1. The molecule has 0 unspecified atom stereocenters. The molecule has 0 radical (unpaired) electrons. The number of nitrogens with zero attached hydrogens (tertiary/aromatic N) is 2. The number of fused-ring (bicyclic) bond motifs is 1. The maximum Gasteiger partial charge on any atom is 0.265 e. The van der Waals surface area contributed by atoms with Gasteiger partial charge < -0.3 is 14.8 Å². The number of aromatic nitrogens is 1. The second kappa shape index (κ2) is 10.2. The van der Waals surface area contributed by atoms with E-state index in [2.05, 4.69) is 32.4 Å². The topological polar surface area (TPSA) is 111 Å². The Balaban J connectivity index is 2.11. The molecule has 0 saturated carbocycles. The van der Waals surface area contributed by atoms with E-state index in [-0.39, 0.29) is 12.2 Å². The average molecular weight is 506 g/mol. The van der Waals surface area contributed by atoms with Crippen molar-refractivity contribution in [1.29, 1.82) is 5.26 Å². The zero-order chi connectivity index (χ0) is 24.2. The Kier molecular flexibility index (Phi) is 7.52. The van der Waals surface area contributed by atoms with E-state index >= 15 is 0 Å². The molecule has 8 nitrogen and oxygen atoms in total. The first kappa shape index (κ1) is 24.4. The summed E-state index contributed by atoms with van der Waals surface area (Å²) in [6.07, 6.45) is 2.36. The zero-order valence-corrected chi connectivity index (χ0v) is 20.0. The van der Waals surface area contributed by atoms with Gasteiger partial charge in [-0.3, -0.25) is 9.17 Å². The predicted molar refractivity (Wildman–Crippen MR) is 127 cm³/mol. The number of hydrogen-bond acceptors (Lipinski definition) is 8. The van der Waals surface area contributed by atoms with Gasteiger partial charge >= 0.3 is 0 Å². The van der Waals surface area contributed by atoms with Crippen LogP contribution in [0.15, 0.2) is 30.5 Å². The first-order chi connectivity index (χ1) is 15.7. The third-order valence-corrected chi connectivity index (χ3v) is 5.53. The standard InChI is InChI=1S/C22H17Cl2N3O5S/c1-30-20-8-15-18(7-13(20)5-4-6-32-33(3,28)29)26-12-14(11-25)22(15)27-19-10-21(31-2)17(24)9-16(19)23/h7-10,12H,6H2,1-3H3,(H,26,27). The summed E-state index contributed by atoms with van der Waals surface area (Å²) in [4.78, 5) is 4.34. The van der Waals surface area contributed by atoms with Crippen LogP contribution in [0.4, 0.5) is 11.4 Å². The van der Waals surface area contributed by atoms with E-state index in [4.69, 9.17) is 32.7 Å². The molecule has 0 saturated heterocycles. The molecule has 33 heavy (non-hydrogen) atoms. The van der Waals surface area contributed by atoms with Crippen LogP contribution in [0.3, 0.4) is 0 Å². The Morgan fingerprint density at radius 2 is 1.79 bits per heavy atom. The van der Waals surface area contributed by atoms with Gasteiger partial charge in [0.25, 0.3) is 10.1 Å². The quantitative estimate of drug-likeness (QED) is 0.384. The van der Waals surface area contributed by atoms with Crippen LogP contribution < -0.4 is 14.8 Å². The van der Waals surface area contributed by atoms with Crippen LogP contribution in [0, 0.1) is 23.2 Å². The molecule has 170 valence electrons. The monoisotopic (exact) mass is 505 g/mol. The number of ether oxygens (including phenoxy) is 2. The molecule has 1 aromatic heterocycles. The highest BCUT2D eigenvalue weighted by Gasteiger charge is 2.15. The van der Waals surface area contributed by atoms with Crippen molar-refractivity contribution in [3.05, 3.63) is 51.6 Å². The minimum Gasteiger partial charge on any atom is -0.495 e. The molecule has 0 atom stereocenters. The number of anilines is 2. The summed E-state index contributed by atoms with van der Waals surface area (Å²) in [5.41, 5.74) is 2.18. The van der Waals surface area contributed by atoms with E-state index in [9.17, 15) is 13.7 Å².